The van der Waals surface area contributed by atoms with Crippen LogP contribution in [0.4, 0.5) is 0 Å². The van der Waals surface area contributed by atoms with Crippen LogP contribution in [0.3, 0.4) is 0 Å². The number of unbranched alkanes of at least 4 members (excludes halogenated alkanes) is 1. The minimum absolute atomic E-state index is 0.359. The van der Waals surface area contributed by atoms with Crippen molar-refractivity contribution < 1.29 is 4.79 Å². The van der Waals surface area contributed by atoms with Crippen LogP contribution in [0.5, 0.6) is 0 Å². The highest BCUT2D eigenvalue weighted by Crippen LogP contribution is 2.05. The average Bonchev–Trinajstić information content (AvgIpc) is 2.03. The lowest BCUT2D eigenvalue weighted by Gasteiger charge is -2.21. The Bertz CT molecular complexity index is 104. The molecule has 2 heteroatoms. The van der Waals surface area contributed by atoms with Gasteiger partial charge in [-0.15, -0.1) is 0 Å². The molecule has 0 fully saturated rings. The lowest BCUT2D eigenvalue weighted by molar-refractivity contribution is 0.303. The predicted molar refractivity (Wildman–Crippen MR) is 47.1 cm³/mol. The van der Waals surface area contributed by atoms with Gasteiger partial charge in [-0.05, 0) is 20.3 Å². The van der Waals surface area contributed by atoms with E-state index in [2.05, 4.69) is 13.8 Å². The highest BCUT2D eigenvalue weighted by molar-refractivity contribution is 5.48. The van der Waals surface area contributed by atoms with Crippen LogP contribution in [-0.4, -0.2) is 23.9 Å². The van der Waals surface area contributed by atoms with Gasteiger partial charge in [-0.1, -0.05) is 19.8 Å². The maximum atomic E-state index is 10.3. The van der Waals surface area contributed by atoms with Gasteiger partial charge in [-0.25, -0.2) is 0 Å². The van der Waals surface area contributed by atoms with Crippen molar-refractivity contribution in [2.45, 2.75) is 46.1 Å². The first kappa shape index (κ1) is 10.5. The molecular formula is C9H18NO. The summed E-state index contributed by atoms with van der Waals surface area (Å²) in [5.41, 5.74) is 0. The largest absolute Gasteiger partial charge is 0.332 e. The summed E-state index contributed by atoms with van der Waals surface area (Å²) in [5, 5.41) is 0. The van der Waals surface area contributed by atoms with Crippen LogP contribution in [0, 0.1) is 0 Å². The molecule has 1 radical (unpaired) electrons. The van der Waals surface area contributed by atoms with E-state index in [0.29, 0.717) is 6.04 Å². The van der Waals surface area contributed by atoms with Crippen LogP contribution in [0.1, 0.15) is 40.0 Å². The predicted octanol–water partition coefficient (Wildman–Crippen LogP) is 1.95. The summed E-state index contributed by atoms with van der Waals surface area (Å²) in [4.78, 5) is 12.1. The van der Waals surface area contributed by atoms with E-state index in [1.165, 1.54) is 12.8 Å². The number of rotatable bonds is 6. The lowest BCUT2D eigenvalue weighted by Crippen LogP contribution is -2.31. The third-order valence-corrected chi connectivity index (χ3v) is 1.97. The van der Waals surface area contributed by atoms with E-state index in [0.717, 1.165) is 13.0 Å². The fourth-order valence-electron chi connectivity index (χ4n) is 1.12. The van der Waals surface area contributed by atoms with Crippen LogP contribution < -0.4 is 0 Å². The molecule has 65 valence electrons. The van der Waals surface area contributed by atoms with E-state index in [-0.39, 0.29) is 0 Å². The number of amides is 1. The Balaban J connectivity index is 3.59. The maximum Gasteiger partial charge on any atom is 0.312 e. The van der Waals surface area contributed by atoms with Crippen LogP contribution in [-0.2, 0) is 4.79 Å². The Morgan fingerprint density at radius 3 is 2.45 bits per heavy atom. The molecule has 0 saturated carbocycles. The molecular weight excluding hydrogens is 138 g/mol. The van der Waals surface area contributed by atoms with Gasteiger partial charge in [-0.3, -0.25) is 4.79 Å². The van der Waals surface area contributed by atoms with E-state index in [4.69, 9.17) is 0 Å². The first-order chi connectivity index (χ1) is 5.26. The first-order valence-corrected chi connectivity index (χ1v) is 4.40. The molecule has 0 bridgehead atoms. The standard InChI is InChI=1S/C9H18NO/c1-4-6-7-9(3)10(5-2)8-11/h9H,4-7H2,1-3H3. The zero-order valence-electron chi connectivity index (χ0n) is 7.76. The second-order valence-corrected chi connectivity index (χ2v) is 2.87. The summed E-state index contributed by atoms with van der Waals surface area (Å²) in [7, 11) is 0. The van der Waals surface area contributed by atoms with Gasteiger partial charge in [0.15, 0.2) is 0 Å². The van der Waals surface area contributed by atoms with Crippen molar-refractivity contribution >= 4 is 6.41 Å². The monoisotopic (exact) mass is 156 g/mol. The number of nitrogens with zero attached hydrogens (tertiary/aromatic N) is 1. The van der Waals surface area contributed by atoms with E-state index in [1.807, 2.05) is 13.3 Å². The topological polar surface area (TPSA) is 20.3 Å². The Morgan fingerprint density at radius 2 is 2.09 bits per heavy atom. The van der Waals surface area contributed by atoms with Crippen LogP contribution in [0.15, 0.2) is 0 Å². The van der Waals surface area contributed by atoms with Crippen LogP contribution in [0.2, 0.25) is 0 Å². The quantitative estimate of drug-likeness (QED) is 0.538. The number of hydrogen-bond donors (Lipinski definition) is 0. The Morgan fingerprint density at radius 1 is 1.45 bits per heavy atom. The van der Waals surface area contributed by atoms with Crippen molar-refractivity contribution in [1.29, 1.82) is 0 Å². The highest BCUT2D eigenvalue weighted by Gasteiger charge is 2.08. The molecule has 0 aromatic rings. The zero-order valence-corrected chi connectivity index (χ0v) is 7.76. The van der Waals surface area contributed by atoms with Gasteiger partial charge < -0.3 is 4.90 Å². The minimum Gasteiger partial charge on any atom is -0.332 e. The fourth-order valence-corrected chi connectivity index (χ4v) is 1.12. The molecule has 0 aromatic heterocycles. The second kappa shape index (κ2) is 6.20. The molecule has 0 aliphatic rings. The number of hydrogen-bond acceptors (Lipinski definition) is 1. The van der Waals surface area contributed by atoms with Crippen molar-refractivity contribution in [3.8, 4) is 0 Å². The molecule has 0 rings (SSSR count). The van der Waals surface area contributed by atoms with E-state index < -0.39 is 0 Å². The highest BCUT2D eigenvalue weighted by atomic mass is 16.1. The third-order valence-electron chi connectivity index (χ3n) is 1.97. The van der Waals surface area contributed by atoms with Crippen molar-refractivity contribution in [2.75, 3.05) is 6.54 Å². The second-order valence-electron chi connectivity index (χ2n) is 2.87. The molecule has 0 aliphatic carbocycles. The van der Waals surface area contributed by atoms with Gasteiger partial charge in [0, 0.05) is 12.6 Å². The summed E-state index contributed by atoms with van der Waals surface area (Å²) in [6.07, 6.45) is 5.43. The molecule has 0 N–H and O–H groups in total. The van der Waals surface area contributed by atoms with Gasteiger partial charge in [0.2, 0.25) is 0 Å². The molecule has 1 atom stereocenters. The van der Waals surface area contributed by atoms with E-state index in [1.54, 1.807) is 4.90 Å². The number of carbonyl (C=O) groups excluding carboxylic acids is 1. The van der Waals surface area contributed by atoms with Gasteiger partial charge >= 0.3 is 6.41 Å². The van der Waals surface area contributed by atoms with Crippen molar-refractivity contribution in [3.05, 3.63) is 0 Å². The summed E-state index contributed by atoms with van der Waals surface area (Å²) < 4.78 is 0. The lowest BCUT2D eigenvalue weighted by atomic mass is 10.1. The molecule has 0 spiro atoms. The molecule has 11 heavy (non-hydrogen) atoms. The molecule has 1 unspecified atom stereocenters. The van der Waals surface area contributed by atoms with Gasteiger partial charge in [0.1, 0.15) is 0 Å². The summed E-state index contributed by atoms with van der Waals surface area (Å²) in [6.45, 7) is 6.99. The van der Waals surface area contributed by atoms with Crippen molar-refractivity contribution in [1.82, 2.24) is 4.90 Å². The van der Waals surface area contributed by atoms with Gasteiger partial charge in [-0.2, -0.15) is 0 Å². The Kier molecular flexibility index (Phi) is 5.90. The van der Waals surface area contributed by atoms with Gasteiger partial charge in [0.25, 0.3) is 0 Å². The molecule has 0 saturated heterocycles. The normalized spacial score (nSPS) is 12.6. The molecule has 0 aliphatic heterocycles. The Hall–Kier alpha value is -0.530. The summed E-state index contributed by atoms with van der Waals surface area (Å²) in [5.74, 6) is 0. The summed E-state index contributed by atoms with van der Waals surface area (Å²) in [6, 6.07) is 0.359. The molecule has 0 aromatic carbocycles. The molecule has 2 nitrogen and oxygen atoms in total. The maximum absolute atomic E-state index is 10.3. The van der Waals surface area contributed by atoms with Crippen LogP contribution in [0.25, 0.3) is 0 Å². The molecule has 1 amide bonds. The van der Waals surface area contributed by atoms with Crippen molar-refractivity contribution in [3.63, 3.8) is 0 Å². The van der Waals surface area contributed by atoms with Crippen LogP contribution >= 0.6 is 0 Å². The summed E-state index contributed by atoms with van der Waals surface area (Å²) >= 11 is 0. The SMILES string of the molecule is CCCCC(C)N([C]=O)CC. The third kappa shape index (κ3) is 4.02. The molecule has 0 heterocycles. The fraction of sp³-hybridized carbons (Fsp3) is 0.889. The van der Waals surface area contributed by atoms with Gasteiger partial charge in [0.05, 0.1) is 0 Å². The first-order valence-electron chi connectivity index (χ1n) is 4.40. The average molecular weight is 156 g/mol. The minimum atomic E-state index is 0.359. The zero-order chi connectivity index (χ0) is 8.69. The van der Waals surface area contributed by atoms with E-state index >= 15 is 0 Å². The smallest absolute Gasteiger partial charge is 0.312 e. The van der Waals surface area contributed by atoms with E-state index in [9.17, 15) is 4.79 Å². The Labute approximate surface area is 69.6 Å². The van der Waals surface area contributed by atoms with Crippen molar-refractivity contribution in [2.24, 2.45) is 0 Å².